The molecule has 1 saturated heterocycles. The van der Waals surface area contributed by atoms with Gasteiger partial charge in [0.2, 0.25) is 5.91 Å². The number of nitrogens with zero attached hydrogens (tertiary/aromatic N) is 3. The molecular formula is C15H32N4O. The molecule has 1 rings (SSSR count). The Labute approximate surface area is 124 Å². The van der Waals surface area contributed by atoms with E-state index < -0.39 is 5.54 Å². The zero-order chi connectivity index (χ0) is 15.3. The predicted molar refractivity (Wildman–Crippen MR) is 83.7 cm³/mol. The Morgan fingerprint density at radius 1 is 1.25 bits per heavy atom. The van der Waals surface area contributed by atoms with Gasteiger partial charge in [-0.05, 0) is 60.9 Å². The van der Waals surface area contributed by atoms with Crippen LogP contribution in [0.4, 0.5) is 0 Å². The molecule has 0 saturated carbocycles. The first-order valence-corrected chi connectivity index (χ1v) is 7.60. The van der Waals surface area contributed by atoms with Gasteiger partial charge < -0.3 is 20.4 Å². The Balaban J connectivity index is 2.66. The van der Waals surface area contributed by atoms with Crippen LogP contribution in [0, 0.1) is 0 Å². The lowest BCUT2D eigenvalue weighted by Crippen LogP contribution is -2.51. The summed E-state index contributed by atoms with van der Waals surface area (Å²) in [5, 5.41) is 0. The second kappa shape index (κ2) is 7.38. The Morgan fingerprint density at radius 2 is 1.80 bits per heavy atom. The van der Waals surface area contributed by atoms with Crippen molar-refractivity contribution in [1.82, 2.24) is 14.7 Å². The SMILES string of the molecule is CN(C)CCN(C(=O)CC(C)(C)N)C1CCN(C)CC1. The Bertz CT molecular complexity index is 303. The van der Waals surface area contributed by atoms with Crippen LogP contribution in [0.3, 0.4) is 0 Å². The van der Waals surface area contributed by atoms with Crippen molar-refractivity contribution in [3.8, 4) is 0 Å². The van der Waals surface area contributed by atoms with Crippen LogP contribution in [0.1, 0.15) is 33.1 Å². The molecule has 1 aliphatic heterocycles. The summed E-state index contributed by atoms with van der Waals surface area (Å²) in [6.07, 6.45) is 2.56. The van der Waals surface area contributed by atoms with Crippen LogP contribution in [0.5, 0.6) is 0 Å². The minimum Gasteiger partial charge on any atom is -0.338 e. The average Bonchev–Trinajstić information content (AvgIpc) is 2.29. The van der Waals surface area contributed by atoms with Crippen molar-refractivity contribution >= 4 is 5.91 Å². The highest BCUT2D eigenvalue weighted by atomic mass is 16.2. The molecule has 0 atom stereocenters. The van der Waals surface area contributed by atoms with Crippen molar-refractivity contribution in [2.24, 2.45) is 5.73 Å². The van der Waals surface area contributed by atoms with Gasteiger partial charge in [-0.2, -0.15) is 0 Å². The largest absolute Gasteiger partial charge is 0.338 e. The van der Waals surface area contributed by atoms with E-state index in [1.807, 2.05) is 27.9 Å². The molecule has 1 heterocycles. The Morgan fingerprint density at radius 3 is 2.25 bits per heavy atom. The summed E-state index contributed by atoms with van der Waals surface area (Å²) in [7, 11) is 6.24. The molecule has 5 nitrogen and oxygen atoms in total. The second-order valence-corrected chi connectivity index (χ2v) is 7.09. The maximum atomic E-state index is 12.6. The van der Waals surface area contributed by atoms with Crippen molar-refractivity contribution in [2.75, 3.05) is 47.3 Å². The third kappa shape index (κ3) is 6.20. The van der Waals surface area contributed by atoms with Crippen molar-refractivity contribution in [3.63, 3.8) is 0 Å². The van der Waals surface area contributed by atoms with Crippen LogP contribution < -0.4 is 5.73 Å². The molecule has 0 aromatic heterocycles. The van der Waals surface area contributed by atoms with Crippen LogP contribution in [0.2, 0.25) is 0 Å². The molecule has 20 heavy (non-hydrogen) atoms. The maximum Gasteiger partial charge on any atom is 0.224 e. The minimum atomic E-state index is -0.432. The molecule has 0 aromatic carbocycles. The highest BCUT2D eigenvalue weighted by molar-refractivity contribution is 5.77. The fourth-order valence-corrected chi connectivity index (χ4v) is 2.62. The van der Waals surface area contributed by atoms with Gasteiger partial charge in [-0.15, -0.1) is 0 Å². The third-order valence-corrected chi connectivity index (χ3v) is 3.84. The van der Waals surface area contributed by atoms with Gasteiger partial charge in [0.1, 0.15) is 0 Å². The number of likely N-dealkylation sites (tertiary alicyclic amines) is 1. The van der Waals surface area contributed by atoms with Gasteiger partial charge in [-0.25, -0.2) is 0 Å². The van der Waals surface area contributed by atoms with E-state index in [0.29, 0.717) is 12.5 Å². The van der Waals surface area contributed by atoms with Crippen LogP contribution in [-0.4, -0.2) is 79.5 Å². The molecule has 1 amide bonds. The molecule has 0 radical (unpaired) electrons. The summed E-state index contributed by atoms with van der Waals surface area (Å²) in [6.45, 7) is 7.69. The zero-order valence-corrected chi connectivity index (χ0v) is 13.9. The maximum absolute atomic E-state index is 12.6. The average molecular weight is 284 g/mol. The van der Waals surface area contributed by atoms with Gasteiger partial charge in [-0.1, -0.05) is 0 Å². The van der Waals surface area contributed by atoms with Gasteiger partial charge in [-0.3, -0.25) is 4.79 Å². The van der Waals surface area contributed by atoms with Gasteiger partial charge in [0.05, 0.1) is 0 Å². The van der Waals surface area contributed by atoms with Crippen molar-refractivity contribution < 1.29 is 4.79 Å². The smallest absolute Gasteiger partial charge is 0.224 e. The number of amides is 1. The number of carbonyl (C=O) groups excluding carboxylic acids is 1. The number of piperidine rings is 1. The highest BCUT2D eigenvalue weighted by Crippen LogP contribution is 2.18. The van der Waals surface area contributed by atoms with Crippen molar-refractivity contribution in [1.29, 1.82) is 0 Å². The first-order chi connectivity index (χ1) is 9.19. The molecule has 0 bridgehead atoms. The molecule has 0 aliphatic carbocycles. The van der Waals surface area contributed by atoms with E-state index in [2.05, 4.69) is 21.7 Å². The summed E-state index contributed by atoms with van der Waals surface area (Å²) in [4.78, 5) is 19.1. The minimum absolute atomic E-state index is 0.203. The molecule has 118 valence electrons. The molecule has 0 unspecified atom stereocenters. The van der Waals surface area contributed by atoms with Crippen LogP contribution in [0.15, 0.2) is 0 Å². The van der Waals surface area contributed by atoms with E-state index in [9.17, 15) is 4.79 Å². The summed E-state index contributed by atoms with van der Waals surface area (Å²) in [6, 6.07) is 0.376. The Kier molecular flexibility index (Phi) is 6.43. The fraction of sp³-hybridized carbons (Fsp3) is 0.933. The van der Waals surface area contributed by atoms with Gasteiger partial charge in [0, 0.05) is 31.1 Å². The van der Waals surface area contributed by atoms with E-state index in [0.717, 1.165) is 39.0 Å². The molecule has 0 aromatic rings. The zero-order valence-electron chi connectivity index (χ0n) is 13.9. The molecular weight excluding hydrogens is 252 g/mol. The van der Waals surface area contributed by atoms with Crippen molar-refractivity contribution in [2.45, 2.75) is 44.7 Å². The van der Waals surface area contributed by atoms with E-state index in [4.69, 9.17) is 5.73 Å². The fourth-order valence-electron chi connectivity index (χ4n) is 2.62. The lowest BCUT2D eigenvalue weighted by molar-refractivity contribution is -0.135. The molecule has 1 aliphatic rings. The van der Waals surface area contributed by atoms with Crippen LogP contribution in [0.25, 0.3) is 0 Å². The van der Waals surface area contributed by atoms with Crippen LogP contribution in [-0.2, 0) is 4.79 Å². The topological polar surface area (TPSA) is 52.8 Å². The lowest BCUT2D eigenvalue weighted by atomic mass is 9.98. The molecule has 5 heteroatoms. The van der Waals surface area contributed by atoms with E-state index in [1.54, 1.807) is 0 Å². The summed E-state index contributed by atoms with van der Waals surface area (Å²) >= 11 is 0. The highest BCUT2D eigenvalue weighted by Gasteiger charge is 2.29. The normalized spacial score (nSPS) is 18.6. The number of hydrogen-bond acceptors (Lipinski definition) is 4. The number of carbonyl (C=O) groups is 1. The summed E-state index contributed by atoms with van der Waals surface area (Å²) in [5.74, 6) is 0.203. The van der Waals surface area contributed by atoms with Crippen molar-refractivity contribution in [3.05, 3.63) is 0 Å². The first kappa shape index (κ1) is 17.4. The molecule has 1 fully saturated rings. The number of nitrogens with two attached hydrogens (primary N) is 1. The summed E-state index contributed by atoms with van der Waals surface area (Å²) < 4.78 is 0. The number of hydrogen-bond donors (Lipinski definition) is 1. The molecule has 0 spiro atoms. The van der Waals surface area contributed by atoms with Gasteiger partial charge >= 0.3 is 0 Å². The molecule has 2 N–H and O–H groups in total. The second-order valence-electron chi connectivity index (χ2n) is 7.09. The van der Waals surface area contributed by atoms with Crippen LogP contribution >= 0.6 is 0 Å². The monoisotopic (exact) mass is 284 g/mol. The Hall–Kier alpha value is -0.650. The van der Waals surface area contributed by atoms with Gasteiger partial charge in [0.25, 0.3) is 0 Å². The lowest BCUT2D eigenvalue weighted by Gasteiger charge is -2.39. The predicted octanol–water partition coefficient (Wildman–Crippen LogP) is 0.598. The van der Waals surface area contributed by atoms with E-state index in [1.165, 1.54) is 0 Å². The quantitative estimate of drug-likeness (QED) is 0.776. The first-order valence-electron chi connectivity index (χ1n) is 7.60. The number of likely N-dealkylation sites (N-methyl/N-ethyl adjacent to an activating group) is 1. The number of rotatable bonds is 6. The van der Waals surface area contributed by atoms with E-state index >= 15 is 0 Å². The van der Waals surface area contributed by atoms with Gasteiger partial charge in [0.15, 0.2) is 0 Å². The summed E-state index contributed by atoms with van der Waals surface area (Å²) in [5.41, 5.74) is 5.58. The standard InChI is InChI=1S/C15H32N4O/c1-15(2,16)12-14(20)19(11-10-17(3)4)13-6-8-18(5)9-7-13/h13H,6-12,16H2,1-5H3. The van der Waals surface area contributed by atoms with E-state index in [-0.39, 0.29) is 5.91 Å². The third-order valence-electron chi connectivity index (χ3n) is 3.84.